The molecule has 0 aliphatic carbocycles. The highest BCUT2D eigenvalue weighted by molar-refractivity contribution is 6.03. The standard InChI is InChI=1S/C16H16N2O/c1-11-9-16(19)18(17-11)12(2)14-8-7-13-5-3-4-6-15(13)10-14/h3-8,10,12H,9H2,1-2H3. The topological polar surface area (TPSA) is 32.7 Å². The largest absolute Gasteiger partial charge is 0.273 e. The number of nitrogens with zero attached hydrogens (tertiary/aromatic N) is 2. The van der Waals surface area contributed by atoms with E-state index in [0.29, 0.717) is 6.42 Å². The third-order valence-corrected chi connectivity index (χ3v) is 3.56. The normalized spacial score (nSPS) is 16.8. The van der Waals surface area contributed by atoms with Crippen molar-refractivity contribution in [2.45, 2.75) is 26.3 Å². The predicted octanol–water partition coefficient (Wildman–Crippen LogP) is 3.51. The van der Waals surface area contributed by atoms with Crippen molar-refractivity contribution >= 4 is 22.4 Å². The van der Waals surface area contributed by atoms with E-state index < -0.39 is 0 Å². The molecule has 1 heterocycles. The van der Waals surface area contributed by atoms with Gasteiger partial charge < -0.3 is 0 Å². The molecule has 0 saturated carbocycles. The first-order valence-electron chi connectivity index (χ1n) is 6.50. The summed E-state index contributed by atoms with van der Waals surface area (Å²) in [6.45, 7) is 3.91. The van der Waals surface area contributed by atoms with Gasteiger partial charge in [-0.15, -0.1) is 0 Å². The maximum Gasteiger partial charge on any atom is 0.248 e. The van der Waals surface area contributed by atoms with Crippen molar-refractivity contribution in [2.75, 3.05) is 0 Å². The van der Waals surface area contributed by atoms with Gasteiger partial charge in [-0.25, -0.2) is 5.01 Å². The van der Waals surface area contributed by atoms with Crippen LogP contribution in [0.2, 0.25) is 0 Å². The van der Waals surface area contributed by atoms with Gasteiger partial charge in [-0.3, -0.25) is 4.79 Å². The van der Waals surface area contributed by atoms with E-state index >= 15 is 0 Å². The smallest absolute Gasteiger partial charge is 0.248 e. The first-order chi connectivity index (χ1) is 9.15. The zero-order valence-corrected chi connectivity index (χ0v) is 11.1. The molecule has 0 aromatic heterocycles. The summed E-state index contributed by atoms with van der Waals surface area (Å²) >= 11 is 0. The molecule has 3 heteroatoms. The summed E-state index contributed by atoms with van der Waals surface area (Å²) in [4.78, 5) is 11.9. The summed E-state index contributed by atoms with van der Waals surface area (Å²) in [5, 5.41) is 8.33. The van der Waals surface area contributed by atoms with E-state index in [9.17, 15) is 4.79 Å². The molecule has 1 aliphatic rings. The molecule has 3 nitrogen and oxygen atoms in total. The lowest BCUT2D eigenvalue weighted by Gasteiger charge is -2.21. The number of hydrogen-bond donors (Lipinski definition) is 0. The van der Waals surface area contributed by atoms with Crippen molar-refractivity contribution in [1.29, 1.82) is 0 Å². The number of hydrogen-bond acceptors (Lipinski definition) is 2. The van der Waals surface area contributed by atoms with E-state index in [1.165, 1.54) is 10.8 Å². The Bertz CT molecular complexity index is 675. The monoisotopic (exact) mass is 252 g/mol. The molecule has 1 aliphatic heterocycles. The molecule has 2 aromatic carbocycles. The van der Waals surface area contributed by atoms with Gasteiger partial charge in [0.25, 0.3) is 0 Å². The molecule has 0 radical (unpaired) electrons. The summed E-state index contributed by atoms with van der Waals surface area (Å²) in [6.07, 6.45) is 0.442. The minimum atomic E-state index is -0.0189. The molecule has 0 spiro atoms. The van der Waals surface area contributed by atoms with Crippen molar-refractivity contribution < 1.29 is 4.79 Å². The molecule has 19 heavy (non-hydrogen) atoms. The van der Waals surface area contributed by atoms with Crippen molar-refractivity contribution in [3.63, 3.8) is 0 Å². The summed E-state index contributed by atoms with van der Waals surface area (Å²) in [6, 6.07) is 14.5. The highest BCUT2D eigenvalue weighted by Crippen LogP contribution is 2.27. The lowest BCUT2D eigenvalue weighted by Crippen LogP contribution is -2.24. The van der Waals surface area contributed by atoms with Crippen LogP contribution in [-0.2, 0) is 4.79 Å². The molecular weight excluding hydrogens is 236 g/mol. The van der Waals surface area contributed by atoms with Crippen LogP contribution in [0.5, 0.6) is 0 Å². The van der Waals surface area contributed by atoms with Crippen molar-refractivity contribution in [3.05, 3.63) is 48.0 Å². The lowest BCUT2D eigenvalue weighted by atomic mass is 10.0. The number of rotatable bonds is 2. The third kappa shape index (κ3) is 2.12. The molecule has 96 valence electrons. The molecule has 3 rings (SSSR count). The summed E-state index contributed by atoms with van der Waals surface area (Å²) < 4.78 is 0. The Kier molecular flexibility index (Phi) is 2.82. The van der Waals surface area contributed by atoms with Crippen LogP contribution in [0.4, 0.5) is 0 Å². The molecule has 2 aromatic rings. The van der Waals surface area contributed by atoms with Gasteiger partial charge in [0.1, 0.15) is 0 Å². The van der Waals surface area contributed by atoms with E-state index in [4.69, 9.17) is 0 Å². The highest BCUT2D eigenvalue weighted by Gasteiger charge is 2.26. The van der Waals surface area contributed by atoms with E-state index in [1.54, 1.807) is 5.01 Å². The van der Waals surface area contributed by atoms with Crippen LogP contribution in [0.3, 0.4) is 0 Å². The maximum absolute atomic E-state index is 11.9. The zero-order chi connectivity index (χ0) is 13.4. The van der Waals surface area contributed by atoms with E-state index in [1.807, 2.05) is 26.0 Å². The van der Waals surface area contributed by atoms with Gasteiger partial charge in [0.2, 0.25) is 5.91 Å². The van der Waals surface area contributed by atoms with Gasteiger partial charge >= 0.3 is 0 Å². The number of hydrazone groups is 1. The van der Waals surface area contributed by atoms with Gasteiger partial charge in [0.05, 0.1) is 12.5 Å². The minimum Gasteiger partial charge on any atom is -0.273 e. The predicted molar refractivity (Wildman–Crippen MR) is 76.9 cm³/mol. The fourth-order valence-electron chi connectivity index (χ4n) is 2.49. The Labute approximate surface area is 112 Å². The number of benzene rings is 2. The van der Waals surface area contributed by atoms with Crippen LogP contribution in [0.15, 0.2) is 47.6 Å². The second kappa shape index (κ2) is 4.50. The fourth-order valence-corrected chi connectivity index (χ4v) is 2.49. The minimum absolute atomic E-state index is 0.0189. The third-order valence-electron chi connectivity index (χ3n) is 3.56. The number of carbonyl (C=O) groups is 1. The Balaban J connectivity index is 1.97. The quantitative estimate of drug-likeness (QED) is 0.805. The number of fused-ring (bicyclic) bond motifs is 1. The molecule has 0 fully saturated rings. The van der Waals surface area contributed by atoms with Crippen LogP contribution >= 0.6 is 0 Å². The Morgan fingerprint density at radius 2 is 1.89 bits per heavy atom. The number of carbonyl (C=O) groups excluding carboxylic acids is 1. The van der Waals surface area contributed by atoms with E-state index in [0.717, 1.165) is 11.3 Å². The number of amides is 1. The maximum atomic E-state index is 11.9. The van der Waals surface area contributed by atoms with Crippen LogP contribution in [0, 0.1) is 0 Å². The van der Waals surface area contributed by atoms with Crippen molar-refractivity contribution in [1.82, 2.24) is 5.01 Å². The van der Waals surface area contributed by atoms with Crippen LogP contribution in [-0.4, -0.2) is 16.6 Å². The highest BCUT2D eigenvalue weighted by atomic mass is 16.2. The summed E-state index contributed by atoms with van der Waals surface area (Å²) in [7, 11) is 0. The van der Waals surface area contributed by atoms with Crippen LogP contribution in [0.25, 0.3) is 10.8 Å². The summed E-state index contributed by atoms with van der Waals surface area (Å²) in [5.74, 6) is 0.0816. The van der Waals surface area contributed by atoms with Gasteiger partial charge in [0, 0.05) is 5.71 Å². The van der Waals surface area contributed by atoms with E-state index in [2.05, 4.69) is 35.4 Å². The Morgan fingerprint density at radius 3 is 2.58 bits per heavy atom. The lowest BCUT2D eigenvalue weighted by molar-refractivity contribution is -0.130. The van der Waals surface area contributed by atoms with Gasteiger partial charge in [0.15, 0.2) is 0 Å². The second-order valence-corrected chi connectivity index (χ2v) is 5.03. The average Bonchev–Trinajstić information content (AvgIpc) is 2.76. The first-order valence-corrected chi connectivity index (χ1v) is 6.50. The van der Waals surface area contributed by atoms with Gasteiger partial charge in [-0.2, -0.15) is 5.10 Å². The molecule has 0 bridgehead atoms. The Morgan fingerprint density at radius 1 is 1.16 bits per heavy atom. The van der Waals surface area contributed by atoms with Gasteiger partial charge in [-0.1, -0.05) is 36.4 Å². The molecule has 1 unspecified atom stereocenters. The van der Waals surface area contributed by atoms with E-state index in [-0.39, 0.29) is 11.9 Å². The Hall–Kier alpha value is -2.16. The second-order valence-electron chi connectivity index (χ2n) is 5.03. The molecular formula is C16H16N2O. The SMILES string of the molecule is CC1=NN(C(C)c2ccc3ccccc3c2)C(=O)C1. The molecule has 1 amide bonds. The van der Waals surface area contributed by atoms with Crippen molar-refractivity contribution in [2.24, 2.45) is 5.10 Å². The zero-order valence-electron chi connectivity index (χ0n) is 11.1. The first kappa shape index (κ1) is 11.9. The molecule has 0 saturated heterocycles. The van der Waals surface area contributed by atoms with Gasteiger partial charge in [-0.05, 0) is 36.2 Å². The molecule has 1 atom stereocenters. The van der Waals surface area contributed by atoms with Crippen LogP contribution < -0.4 is 0 Å². The summed E-state index contributed by atoms with van der Waals surface area (Å²) in [5.41, 5.74) is 2.00. The average molecular weight is 252 g/mol. The van der Waals surface area contributed by atoms with Crippen LogP contribution in [0.1, 0.15) is 31.9 Å². The van der Waals surface area contributed by atoms with Crippen molar-refractivity contribution in [3.8, 4) is 0 Å². The molecule has 0 N–H and O–H groups in total. The fraction of sp³-hybridized carbons (Fsp3) is 0.250.